The van der Waals surface area contributed by atoms with E-state index in [1.807, 2.05) is 11.5 Å². The summed E-state index contributed by atoms with van der Waals surface area (Å²) < 4.78 is 7.02. The van der Waals surface area contributed by atoms with Gasteiger partial charge in [-0.1, -0.05) is 6.92 Å². The van der Waals surface area contributed by atoms with Crippen molar-refractivity contribution in [3.63, 3.8) is 0 Å². The van der Waals surface area contributed by atoms with Crippen LogP contribution in [0.4, 0.5) is 0 Å². The van der Waals surface area contributed by atoms with Crippen LogP contribution in [0, 0.1) is 0 Å². The first-order valence-electron chi connectivity index (χ1n) is 7.64. The third-order valence-corrected chi connectivity index (χ3v) is 3.94. The number of imidazole rings is 1. The van der Waals surface area contributed by atoms with Crippen LogP contribution in [0.25, 0.3) is 0 Å². The molecule has 0 spiro atoms. The lowest BCUT2D eigenvalue weighted by molar-refractivity contribution is -0.155. The quantitative estimate of drug-likeness (QED) is 0.735. The fourth-order valence-electron chi connectivity index (χ4n) is 2.68. The lowest BCUT2D eigenvalue weighted by Crippen LogP contribution is -2.58. The summed E-state index contributed by atoms with van der Waals surface area (Å²) in [5.41, 5.74) is 0.911. The summed E-state index contributed by atoms with van der Waals surface area (Å²) in [5.74, 6) is 0.00412. The lowest BCUT2D eigenvalue weighted by atomic mass is 10.1. The third kappa shape index (κ3) is 3.47. The second-order valence-electron chi connectivity index (χ2n) is 5.53. The fourth-order valence-corrected chi connectivity index (χ4v) is 2.68. The summed E-state index contributed by atoms with van der Waals surface area (Å²) in [6, 6.07) is -0.432. The van der Waals surface area contributed by atoms with Gasteiger partial charge in [0.05, 0.1) is 31.7 Å². The van der Waals surface area contributed by atoms with E-state index in [0.29, 0.717) is 26.2 Å². The van der Waals surface area contributed by atoms with Crippen molar-refractivity contribution in [3.8, 4) is 0 Å². The number of rotatable bonds is 7. The molecule has 122 valence electrons. The van der Waals surface area contributed by atoms with Crippen LogP contribution in [-0.4, -0.2) is 64.0 Å². The minimum Gasteiger partial charge on any atom is -0.383 e. The van der Waals surface area contributed by atoms with Gasteiger partial charge in [-0.05, 0) is 13.3 Å². The Hall–Kier alpha value is -1.89. The molecule has 0 saturated carbocycles. The number of piperazine rings is 1. The normalized spacial score (nSPS) is 19.1. The van der Waals surface area contributed by atoms with E-state index in [9.17, 15) is 9.59 Å². The van der Waals surface area contributed by atoms with E-state index in [2.05, 4.69) is 4.98 Å². The van der Waals surface area contributed by atoms with Gasteiger partial charge in [-0.2, -0.15) is 0 Å². The molecule has 7 nitrogen and oxygen atoms in total. The SMILES string of the molecule is CCCN1CC(=O)N(Cc2cncn2CCOC)[C@H](C)C1=O. The fraction of sp³-hybridized carbons (Fsp3) is 0.667. The second-order valence-corrected chi connectivity index (χ2v) is 5.53. The topological polar surface area (TPSA) is 67.7 Å². The predicted molar refractivity (Wildman–Crippen MR) is 81.0 cm³/mol. The van der Waals surface area contributed by atoms with Gasteiger partial charge < -0.3 is 19.1 Å². The van der Waals surface area contributed by atoms with Crippen molar-refractivity contribution in [2.24, 2.45) is 0 Å². The minimum atomic E-state index is -0.432. The molecular formula is C15H24N4O3. The maximum Gasteiger partial charge on any atom is 0.245 e. The highest BCUT2D eigenvalue weighted by molar-refractivity contribution is 5.94. The Morgan fingerprint density at radius 2 is 2.14 bits per heavy atom. The first-order valence-corrected chi connectivity index (χ1v) is 7.64. The molecule has 1 aliphatic heterocycles. The molecule has 0 unspecified atom stereocenters. The summed E-state index contributed by atoms with van der Waals surface area (Å²) in [4.78, 5) is 32.1. The van der Waals surface area contributed by atoms with Gasteiger partial charge >= 0.3 is 0 Å². The van der Waals surface area contributed by atoms with Crippen molar-refractivity contribution in [2.45, 2.75) is 39.4 Å². The molecule has 0 N–H and O–H groups in total. The number of ether oxygens (including phenoxy) is 1. The molecule has 1 saturated heterocycles. The van der Waals surface area contributed by atoms with E-state index in [1.54, 1.807) is 36.4 Å². The molecule has 0 aromatic carbocycles. The molecule has 2 rings (SSSR count). The molecule has 2 amide bonds. The number of methoxy groups -OCH3 is 1. The first-order chi connectivity index (χ1) is 10.6. The molecule has 22 heavy (non-hydrogen) atoms. The van der Waals surface area contributed by atoms with Crippen molar-refractivity contribution in [2.75, 3.05) is 26.8 Å². The number of carbonyl (C=O) groups is 2. The summed E-state index contributed by atoms with van der Waals surface area (Å²) in [6.45, 7) is 6.25. The van der Waals surface area contributed by atoms with E-state index in [1.165, 1.54) is 0 Å². The Morgan fingerprint density at radius 3 is 2.82 bits per heavy atom. The van der Waals surface area contributed by atoms with E-state index in [0.717, 1.165) is 12.1 Å². The van der Waals surface area contributed by atoms with Gasteiger partial charge in [-0.15, -0.1) is 0 Å². The smallest absolute Gasteiger partial charge is 0.245 e. The van der Waals surface area contributed by atoms with Gasteiger partial charge in [-0.25, -0.2) is 4.98 Å². The van der Waals surface area contributed by atoms with Crippen LogP contribution >= 0.6 is 0 Å². The summed E-state index contributed by atoms with van der Waals surface area (Å²) >= 11 is 0. The van der Waals surface area contributed by atoms with Crippen LogP contribution in [0.5, 0.6) is 0 Å². The molecule has 1 fully saturated rings. The van der Waals surface area contributed by atoms with E-state index in [-0.39, 0.29) is 18.4 Å². The van der Waals surface area contributed by atoms with Crippen LogP contribution in [-0.2, 0) is 27.4 Å². The zero-order valence-corrected chi connectivity index (χ0v) is 13.5. The predicted octanol–water partition coefficient (Wildman–Crippen LogP) is 0.499. The highest BCUT2D eigenvalue weighted by Crippen LogP contribution is 2.16. The highest BCUT2D eigenvalue weighted by Gasteiger charge is 2.36. The van der Waals surface area contributed by atoms with Crippen molar-refractivity contribution in [3.05, 3.63) is 18.2 Å². The Balaban J connectivity index is 2.08. The second kappa shape index (κ2) is 7.40. The zero-order chi connectivity index (χ0) is 16.1. The number of hydrogen-bond donors (Lipinski definition) is 0. The van der Waals surface area contributed by atoms with Gasteiger partial charge in [0, 0.05) is 26.4 Å². The maximum atomic E-state index is 12.4. The molecule has 0 radical (unpaired) electrons. The Kier molecular flexibility index (Phi) is 5.54. The average Bonchev–Trinajstić information content (AvgIpc) is 2.94. The minimum absolute atomic E-state index is 0.0139. The van der Waals surface area contributed by atoms with E-state index in [4.69, 9.17) is 4.74 Å². The monoisotopic (exact) mass is 308 g/mol. The number of aromatic nitrogens is 2. The Labute approximate surface area is 130 Å². The number of hydrogen-bond acceptors (Lipinski definition) is 4. The van der Waals surface area contributed by atoms with Crippen LogP contribution in [0.1, 0.15) is 26.0 Å². The van der Waals surface area contributed by atoms with Gasteiger partial charge in [0.1, 0.15) is 6.04 Å². The van der Waals surface area contributed by atoms with Crippen LogP contribution in [0.15, 0.2) is 12.5 Å². The van der Waals surface area contributed by atoms with Crippen LogP contribution in [0.2, 0.25) is 0 Å². The lowest BCUT2D eigenvalue weighted by Gasteiger charge is -2.38. The standard InChI is InChI=1S/C15H24N4O3/c1-4-5-17-10-14(20)19(12(2)15(17)21)9-13-8-16-11-18(13)6-7-22-3/h8,11-12H,4-7,9-10H2,1-3H3/t12-/m1/s1. The van der Waals surface area contributed by atoms with Gasteiger partial charge in [-0.3, -0.25) is 9.59 Å². The van der Waals surface area contributed by atoms with E-state index < -0.39 is 6.04 Å². The van der Waals surface area contributed by atoms with Crippen LogP contribution in [0.3, 0.4) is 0 Å². The van der Waals surface area contributed by atoms with Crippen molar-refractivity contribution >= 4 is 11.8 Å². The Bertz CT molecular complexity index is 529. The average molecular weight is 308 g/mol. The van der Waals surface area contributed by atoms with Gasteiger partial charge in [0.2, 0.25) is 11.8 Å². The van der Waals surface area contributed by atoms with Crippen molar-refractivity contribution in [1.82, 2.24) is 19.4 Å². The molecule has 1 aromatic rings. The molecule has 1 aliphatic rings. The molecule has 1 aromatic heterocycles. The van der Waals surface area contributed by atoms with Gasteiger partial charge in [0.25, 0.3) is 0 Å². The molecule has 0 bridgehead atoms. The number of carbonyl (C=O) groups excluding carboxylic acids is 2. The first kappa shape index (κ1) is 16.5. The number of nitrogens with zero attached hydrogens (tertiary/aromatic N) is 4. The van der Waals surface area contributed by atoms with Crippen molar-refractivity contribution < 1.29 is 14.3 Å². The maximum absolute atomic E-state index is 12.4. The third-order valence-electron chi connectivity index (χ3n) is 3.94. The molecule has 0 aliphatic carbocycles. The molecule has 7 heteroatoms. The summed E-state index contributed by atoms with van der Waals surface area (Å²) in [5, 5.41) is 0. The summed E-state index contributed by atoms with van der Waals surface area (Å²) in [6.07, 6.45) is 4.31. The highest BCUT2D eigenvalue weighted by atomic mass is 16.5. The van der Waals surface area contributed by atoms with E-state index >= 15 is 0 Å². The summed E-state index contributed by atoms with van der Waals surface area (Å²) in [7, 11) is 1.65. The number of amides is 2. The largest absolute Gasteiger partial charge is 0.383 e. The van der Waals surface area contributed by atoms with Gasteiger partial charge in [0.15, 0.2) is 0 Å². The zero-order valence-electron chi connectivity index (χ0n) is 13.5. The van der Waals surface area contributed by atoms with Crippen molar-refractivity contribution in [1.29, 1.82) is 0 Å². The molecule has 1 atom stereocenters. The van der Waals surface area contributed by atoms with Crippen LogP contribution < -0.4 is 0 Å². The molecule has 2 heterocycles. The molecular weight excluding hydrogens is 284 g/mol. The Morgan fingerprint density at radius 1 is 1.36 bits per heavy atom.